The van der Waals surface area contributed by atoms with Crippen molar-refractivity contribution in [3.8, 4) is 0 Å². The SMILES string of the molecule is CN1CCN(Cc2nc(N)cs2)CC1. The lowest BCUT2D eigenvalue weighted by atomic mass is 10.3. The third-order valence-corrected chi connectivity index (χ3v) is 3.38. The van der Waals surface area contributed by atoms with Crippen molar-refractivity contribution >= 4 is 17.2 Å². The Kier molecular flexibility index (Phi) is 3.00. The van der Waals surface area contributed by atoms with E-state index < -0.39 is 0 Å². The molecule has 1 saturated heterocycles. The zero-order valence-corrected chi connectivity index (χ0v) is 9.26. The molecule has 5 heteroatoms. The summed E-state index contributed by atoms with van der Waals surface area (Å²) in [6.45, 7) is 5.53. The molecule has 2 rings (SSSR count). The summed E-state index contributed by atoms with van der Waals surface area (Å²) in [5.41, 5.74) is 5.58. The molecule has 1 aliphatic rings. The van der Waals surface area contributed by atoms with Crippen LogP contribution in [0.25, 0.3) is 0 Å². The van der Waals surface area contributed by atoms with E-state index in [0.717, 1.165) is 37.7 Å². The number of aromatic nitrogens is 1. The average molecular weight is 212 g/mol. The lowest BCUT2D eigenvalue weighted by molar-refractivity contribution is 0.148. The first-order valence-electron chi connectivity index (χ1n) is 4.85. The third kappa shape index (κ3) is 2.43. The van der Waals surface area contributed by atoms with Gasteiger partial charge in [0.05, 0.1) is 6.54 Å². The number of hydrogen-bond donors (Lipinski definition) is 1. The van der Waals surface area contributed by atoms with Gasteiger partial charge in [-0.1, -0.05) is 0 Å². The summed E-state index contributed by atoms with van der Waals surface area (Å²) in [4.78, 5) is 9.05. The minimum atomic E-state index is 0.652. The van der Waals surface area contributed by atoms with Crippen molar-refractivity contribution in [1.29, 1.82) is 0 Å². The van der Waals surface area contributed by atoms with Crippen LogP contribution in [-0.2, 0) is 6.54 Å². The molecule has 1 aliphatic heterocycles. The minimum absolute atomic E-state index is 0.652. The topological polar surface area (TPSA) is 45.4 Å². The van der Waals surface area contributed by atoms with Gasteiger partial charge in [-0.3, -0.25) is 4.90 Å². The van der Waals surface area contributed by atoms with Crippen LogP contribution in [-0.4, -0.2) is 48.0 Å². The van der Waals surface area contributed by atoms with E-state index in [2.05, 4.69) is 21.8 Å². The first kappa shape index (κ1) is 9.89. The molecule has 0 amide bonds. The Morgan fingerprint density at radius 2 is 2.14 bits per heavy atom. The molecule has 0 radical (unpaired) electrons. The molecule has 1 aromatic heterocycles. The van der Waals surface area contributed by atoms with Crippen molar-refractivity contribution in [2.75, 3.05) is 39.0 Å². The van der Waals surface area contributed by atoms with E-state index in [0.29, 0.717) is 5.82 Å². The van der Waals surface area contributed by atoms with E-state index in [-0.39, 0.29) is 0 Å². The van der Waals surface area contributed by atoms with E-state index in [9.17, 15) is 0 Å². The van der Waals surface area contributed by atoms with Gasteiger partial charge in [0.1, 0.15) is 10.8 Å². The Morgan fingerprint density at radius 3 is 2.71 bits per heavy atom. The van der Waals surface area contributed by atoms with Gasteiger partial charge in [0, 0.05) is 31.6 Å². The normalized spacial score (nSPS) is 20.1. The van der Waals surface area contributed by atoms with Gasteiger partial charge in [-0.05, 0) is 7.05 Å². The summed E-state index contributed by atoms with van der Waals surface area (Å²) in [6.07, 6.45) is 0. The Bertz CT molecular complexity index is 291. The maximum Gasteiger partial charge on any atom is 0.134 e. The Hall–Kier alpha value is -0.650. The predicted octanol–water partition coefficient (Wildman–Crippen LogP) is 0.473. The molecule has 0 aliphatic carbocycles. The van der Waals surface area contributed by atoms with Crippen LogP contribution >= 0.6 is 11.3 Å². The largest absolute Gasteiger partial charge is 0.383 e. The number of rotatable bonds is 2. The van der Waals surface area contributed by atoms with Gasteiger partial charge in [-0.2, -0.15) is 0 Å². The summed E-state index contributed by atoms with van der Waals surface area (Å²) in [6, 6.07) is 0. The Labute approximate surface area is 88.3 Å². The van der Waals surface area contributed by atoms with Gasteiger partial charge >= 0.3 is 0 Å². The molecule has 0 spiro atoms. The smallest absolute Gasteiger partial charge is 0.134 e. The highest BCUT2D eigenvalue weighted by molar-refractivity contribution is 7.09. The van der Waals surface area contributed by atoms with Crippen LogP contribution in [0.1, 0.15) is 5.01 Å². The number of nitrogens with zero attached hydrogens (tertiary/aromatic N) is 3. The fraction of sp³-hybridized carbons (Fsp3) is 0.667. The van der Waals surface area contributed by atoms with Gasteiger partial charge in [0.2, 0.25) is 0 Å². The fourth-order valence-corrected chi connectivity index (χ4v) is 2.32. The quantitative estimate of drug-likeness (QED) is 0.774. The fourth-order valence-electron chi connectivity index (χ4n) is 1.59. The van der Waals surface area contributed by atoms with Crippen LogP contribution < -0.4 is 5.73 Å². The molecule has 0 unspecified atom stereocenters. The van der Waals surface area contributed by atoms with Crippen LogP contribution in [0.3, 0.4) is 0 Å². The van der Waals surface area contributed by atoms with E-state index >= 15 is 0 Å². The number of nitrogen functional groups attached to an aromatic ring is 1. The van der Waals surface area contributed by atoms with E-state index in [4.69, 9.17) is 5.73 Å². The van der Waals surface area contributed by atoms with Crippen LogP contribution in [0.2, 0.25) is 0 Å². The second-order valence-electron chi connectivity index (χ2n) is 3.75. The van der Waals surface area contributed by atoms with Crippen LogP contribution in [0.5, 0.6) is 0 Å². The summed E-state index contributed by atoms with van der Waals surface area (Å²) in [7, 11) is 2.17. The molecule has 2 heterocycles. The molecule has 1 aromatic rings. The highest BCUT2D eigenvalue weighted by Crippen LogP contribution is 2.14. The van der Waals surface area contributed by atoms with Gasteiger partial charge in [0.15, 0.2) is 0 Å². The summed E-state index contributed by atoms with van der Waals surface area (Å²) >= 11 is 1.65. The molecule has 1 fully saturated rings. The molecule has 0 aromatic carbocycles. The molecule has 4 nitrogen and oxygen atoms in total. The zero-order valence-electron chi connectivity index (χ0n) is 8.44. The maximum atomic E-state index is 5.58. The standard InChI is InChI=1S/C9H16N4S/c1-12-2-4-13(5-3-12)6-9-11-8(10)7-14-9/h7H,2-6,10H2,1H3. The van der Waals surface area contributed by atoms with E-state index in [1.165, 1.54) is 0 Å². The van der Waals surface area contributed by atoms with E-state index in [1.807, 2.05) is 5.38 Å². The van der Waals surface area contributed by atoms with Crippen LogP contribution in [0.4, 0.5) is 5.82 Å². The average Bonchev–Trinajstić information content (AvgIpc) is 2.56. The summed E-state index contributed by atoms with van der Waals surface area (Å²) in [5, 5.41) is 3.04. The van der Waals surface area contributed by atoms with Gasteiger partial charge < -0.3 is 10.6 Å². The van der Waals surface area contributed by atoms with Crippen LogP contribution in [0, 0.1) is 0 Å². The predicted molar refractivity (Wildman–Crippen MR) is 59.3 cm³/mol. The van der Waals surface area contributed by atoms with Crippen molar-refractivity contribution in [3.63, 3.8) is 0 Å². The number of nitrogens with two attached hydrogens (primary N) is 1. The Morgan fingerprint density at radius 1 is 1.43 bits per heavy atom. The molecule has 0 bridgehead atoms. The second-order valence-corrected chi connectivity index (χ2v) is 4.69. The van der Waals surface area contributed by atoms with Crippen molar-refractivity contribution in [1.82, 2.24) is 14.8 Å². The van der Waals surface area contributed by atoms with Crippen molar-refractivity contribution in [2.24, 2.45) is 0 Å². The molecule has 0 atom stereocenters. The zero-order chi connectivity index (χ0) is 9.97. The number of likely N-dealkylation sites (N-methyl/N-ethyl adjacent to an activating group) is 1. The van der Waals surface area contributed by atoms with Crippen molar-refractivity contribution < 1.29 is 0 Å². The monoisotopic (exact) mass is 212 g/mol. The second kappa shape index (κ2) is 4.25. The summed E-state index contributed by atoms with van der Waals surface area (Å²) in [5.74, 6) is 0.652. The molecule has 14 heavy (non-hydrogen) atoms. The highest BCUT2D eigenvalue weighted by atomic mass is 32.1. The lowest BCUT2D eigenvalue weighted by Crippen LogP contribution is -2.43. The molecular formula is C9H16N4S. The third-order valence-electron chi connectivity index (χ3n) is 2.52. The molecular weight excluding hydrogens is 196 g/mol. The van der Waals surface area contributed by atoms with Gasteiger partial charge in [-0.25, -0.2) is 4.98 Å². The minimum Gasteiger partial charge on any atom is -0.383 e. The number of piperazine rings is 1. The first-order valence-corrected chi connectivity index (χ1v) is 5.73. The number of anilines is 1. The first-order chi connectivity index (χ1) is 6.74. The highest BCUT2D eigenvalue weighted by Gasteiger charge is 2.14. The van der Waals surface area contributed by atoms with Gasteiger partial charge in [-0.15, -0.1) is 11.3 Å². The summed E-state index contributed by atoms with van der Waals surface area (Å²) < 4.78 is 0. The molecule has 2 N–H and O–H groups in total. The van der Waals surface area contributed by atoms with E-state index in [1.54, 1.807) is 11.3 Å². The van der Waals surface area contributed by atoms with Gasteiger partial charge in [0.25, 0.3) is 0 Å². The number of hydrogen-bond acceptors (Lipinski definition) is 5. The lowest BCUT2D eigenvalue weighted by Gasteiger charge is -2.31. The Balaban J connectivity index is 1.86. The van der Waals surface area contributed by atoms with Crippen molar-refractivity contribution in [3.05, 3.63) is 10.4 Å². The van der Waals surface area contributed by atoms with Crippen molar-refractivity contribution in [2.45, 2.75) is 6.54 Å². The molecule has 0 saturated carbocycles. The molecule has 78 valence electrons. The van der Waals surface area contributed by atoms with Crippen LogP contribution in [0.15, 0.2) is 5.38 Å². The number of thiazole rings is 1. The maximum absolute atomic E-state index is 5.58.